The monoisotopic (exact) mass is 678 g/mol. The summed E-state index contributed by atoms with van der Waals surface area (Å²) in [6.07, 6.45) is 1.93. The molecule has 5 aliphatic carbocycles. The first-order valence-corrected chi connectivity index (χ1v) is 18.7. The van der Waals surface area contributed by atoms with E-state index in [1.807, 2.05) is 0 Å². The fraction of sp³-hybridized carbons (Fsp3) is 0.974. The highest BCUT2D eigenvalue weighted by atomic mass is 16.7. The van der Waals surface area contributed by atoms with Gasteiger partial charge in [-0.1, -0.05) is 34.6 Å². The summed E-state index contributed by atoms with van der Waals surface area (Å²) >= 11 is 0. The van der Waals surface area contributed by atoms with Crippen LogP contribution in [-0.2, 0) is 28.5 Å². The van der Waals surface area contributed by atoms with Crippen LogP contribution in [0.3, 0.4) is 0 Å². The van der Waals surface area contributed by atoms with Crippen LogP contribution in [0.15, 0.2) is 0 Å². The van der Waals surface area contributed by atoms with E-state index < -0.39 is 54.5 Å². The van der Waals surface area contributed by atoms with Gasteiger partial charge < -0.3 is 44.1 Å². The maximum absolute atomic E-state index is 12.5. The Balaban J connectivity index is 1.13. The number of ether oxygens (including phenoxy) is 5. The normalized spacial score (nSPS) is 54.5. The van der Waals surface area contributed by atoms with Gasteiger partial charge in [-0.25, -0.2) is 0 Å². The van der Waals surface area contributed by atoms with Crippen molar-refractivity contribution in [2.45, 2.75) is 167 Å². The highest BCUT2D eigenvalue weighted by Crippen LogP contribution is 2.89. The van der Waals surface area contributed by atoms with Crippen LogP contribution in [0.1, 0.15) is 107 Å². The molecule has 48 heavy (non-hydrogen) atoms. The third kappa shape index (κ3) is 4.61. The van der Waals surface area contributed by atoms with E-state index in [0.29, 0.717) is 18.3 Å². The summed E-state index contributed by atoms with van der Waals surface area (Å²) < 4.78 is 30.2. The van der Waals surface area contributed by atoms with Crippen molar-refractivity contribution in [3.8, 4) is 0 Å². The number of methoxy groups -OCH3 is 1. The standard InChI is InChI=1S/C38H62O10/c1-19-16-21(31(34(5,6)43)46-20(2)39)47-29-26(19)35(7)14-15-38-18-37(38)13-12-25(48-32-28(41)27(40)22(44-9)17-45-32)33(3,4)23(37)10-11-24(38)36(35,8)30(29)42/h19,21-32,40-43H,10-18H2,1-9H3/t19-,21-,22-,23+,24+,25+,26?,27+,28-,29+,30+,31+,32+,35-,36-,37-,38+/m1/s1. The van der Waals surface area contributed by atoms with Crippen LogP contribution in [0.25, 0.3) is 0 Å². The van der Waals surface area contributed by atoms with Crippen molar-refractivity contribution in [1.82, 2.24) is 0 Å². The van der Waals surface area contributed by atoms with Crippen LogP contribution in [0.5, 0.6) is 0 Å². The molecule has 7 aliphatic rings. The molecule has 10 heteroatoms. The zero-order valence-corrected chi connectivity index (χ0v) is 30.6. The van der Waals surface area contributed by atoms with E-state index >= 15 is 0 Å². The average Bonchev–Trinajstić information content (AvgIpc) is 3.63. The Labute approximate surface area is 286 Å². The number of rotatable bonds is 6. The molecule has 1 unspecified atom stereocenters. The molecule has 10 nitrogen and oxygen atoms in total. The van der Waals surface area contributed by atoms with Gasteiger partial charge in [0, 0.05) is 19.4 Å². The van der Waals surface area contributed by atoms with E-state index in [4.69, 9.17) is 23.7 Å². The Morgan fingerprint density at radius 3 is 2.27 bits per heavy atom. The van der Waals surface area contributed by atoms with Crippen molar-refractivity contribution in [3.05, 3.63) is 0 Å². The van der Waals surface area contributed by atoms with Crippen molar-refractivity contribution in [2.24, 2.45) is 50.7 Å². The second-order valence-electron chi connectivity index (χ2n) is 18.8. The second-order valence-corrected chi connectivity index (χ2v) is 18.8. The van der Waals surface area contributed by atoms with E-state index in [0.717, 1.165) is 38.5 Å². The first kappa shape index (κ1) is 35.5. The first-order valence-electron chi connectivity index (χ1n) is 18.7. The molecule has 0 aromatic rings. The van der Waals surface area contributed by atoms with Crippen molar-refractivity contribution in [2.75, 3.05) is 13.7 Å². The van der Waals surface area contributed by atoms with Gasteiger partial charge in [-0.15, -0.1) is 0 Å². The SMILES string of the molecule is CO[C@@H]1CO[C@@H](O[C@H]2CC[C@]34C[C@]35CC[C@]3(C)C6[C@H](C)C[C@H]([C@H](OC(C)=O)C(C)(C)O)O[C@@H]6[C@H](O)[C@@]3(C)[C@@H]5CC[C@H]4C2(C)C)[C@H](O)[C@H]1O. The van der Waals surface area contributed by atoms with Crippen LogP contribution in [0, 0.1) is 50.7 Å². The Hall–Kier alpha value is -0.850. The lowest BCUT2D eigenvalue weighted by molar-refractivity contribution is -0.305. The third-order valence-electron chi connectivity index (χ3n) is 16.1. The summed E-state index contributed by atoms with van der Waals surface area (Å²) in [5, 5.41) is 45.0. The van der Waals surface area contributed by atoms with Crippen molar-refractivity contribution in [3.63, 3.8) is 0 Å². The van der Waals surface area contributed by atoms with E-state index in [-0.39, 0.29) is 57.7 Å². The number of hydrogen-bond acceptors (Lipinski definition) is 10. The molecule has 4 N–H and O–H groups in total. The number of fused-ring (bicyclic) bond motifs is 4. The summed E-state index contributed by atoms with van der Waals surface area (Å²) in [7, 11) is 1.51. The largest absolute Gasteiger partial charge is 0.457 e. The maximum Gasteiger partial charge on any atom is 0.303 e. The molecule has 2 aliphatic heterocycles. The molecule has 0 aromatic heterocycles. The summed E-state index contributed by atoms with van der Waals surface area (Å²) in [6.45, 7) is 16.6. The molecule has 5 saturated carbocycles. The van der Waals surface area contributed by atoms with Gasteiger partial charge in [-0.2, -0.15) is 0 Å². The van der Waals surface area contributed by atoms with Crippen molar-refractivity contribution < 1.29 is 48.9 Å². The summed E-state index contributed by atoms with van der Waals surface area (Å²) in [5.41, 5.74) is -1.52. The van der Waals surface area contributed by atoms with Gasteiger partial charge in [0.1, 0.15) is 18.3 Å². The van der Waals surface area contributed by atoms with Crippen LogP contribution in [-0.4, -0.2) is 101 Å². The molecule has 7 fully saturated rings. The molecule has 0 bridgehead atoms. The van der Waals surface area contributed by atoms with Crippen molar-refractivity contribution in [1.29, 1.82) is 0 Å². The molecule has 7 rings (SSSR count). The molecular weight excluding hydrogens is 616 g/mol. The van der Waals surface area contributed by atoms with Gasteiger partial charge in [0.25, 0.3) is 0 Å². The van der Waals surface area contributed by atoms with Crippen molar-refractivity contribution >= 4 is 5.97 Å². The highest BCUT2D eigenvalue weighted by molar-refractivity contribution is 5.66. The Morgan fingerprint density at radius 1 is 0.958 bits per heavy atom. The van der Waals surface area contributed by atoms with Crippen LogP contribution >= 0.6 is 0 Å². The maximum atomic E-state index is 12.5. The number of aliphatic hydroxyl groups is 4. The third-order valence-corrected chi connectivity index (χ3v) is 16.1. The van der Waals surface area contributed by atoms with Crippen LogP contribution in [0.2, 0.25) is 0 Å². The summed E-state index contributed by atoms with van der Waals surface area (Å²) in [4.78, 5) is 12.1. The van der Waals surface area contributed by atoms with Gasteiger partial charge in [0.2, 0.25) is 0 Å². The highest BCUT2D eigenvalue weighted by Gasteiger charge is 2.84. The second kappa shape index (κ2) is 11.3. The Kier molecular flexibility index (Phi) is 8.39. The van der Waals surface area contributed by atoms with E-state index in [1.165, 1.54) is 20.5 Å². The first-order chi connectivity index (χ1) is 22.3. The average molecular weight is 679 g/mol. The number of aliphatic hydroxyl groups excluding tert-OH is 3. The molecule has 2 heterocycles. The number of esters is 1. The lowest BCUT2D eigenvalue weighted by Crippen LogP contribution is -2.61. The molecular formula is C38H62O10. The Morgan fingerprint density at radius 2 is 1.62 bits per heavy atom. The van der Waals surface area contributed by atoms with Crippen LogP contribution < -0.4 is 0 Å². The molecule has 2 saturated heterocycles. The minimum Gasteiger partial charge on any atom is -0.457 e. The minimum absolute atomic E-state index is 0.106. The smallest absolute Gasteiger partial charge is 0.303 e. The molecule has 0 radical (unpaired) electrons. The fourth-order valence-electron chi connectivity index (χ4n) is 13.9. The van der Waals surface area contributed by atoms with Gasteiger partial charge in [0.15, 0.2) is 12.4 Å². The summed E-state index contributed by atoms with van der Waals surface area (Å²) in [5.74, 6) is 0.776. The zero-order chi connectivity index (χ0) is 35.0. The molecule has 0 amide bonds. The predicted molar refractivity (Wildman–Crippen MR) is 175 cm³/mol. The molecule has 0 aromatic carbocycles. The molecule has 274 valence electrons. The van der Waals surface area contributed by atoms with Gasteiger partial charge in [-0.3, -0.25) is 4.79 Å². The number of carbonyl (C=O) groups is 1. The minimum atomic E-state index is -1.28. The Bertz CT molecular complexity index is 1270. The van der Waals surface area contributed by atoms with Crippen LogP contribution in [0.4, 0.5) is 0 Å². The van der Waals surface area contributed by atoms with Gasteiger partial charge in [-0.05, 0) is 111 Å². The molecule has 2 spiro atoms. The quantitative estimate of drug-likeness (QED) is 0.241. The molecule has 17 atom stereocenters. The fourth-order valence-corrected chi connectivity index (χ4v) is 13.9. The number of carbonyl (C=O) groups excluding carboxylic acids is 1. The zero-order valence-electron chi connectivity index (χ0n) is 30.6. The van der Waals surface area contributed by atoms with Gasteiger partial charge in [0.05, 0.1) is 36.6 Å². The van der Waals surface area contributed by atoms with E-state index in [2.05, 4.69) is 34.6 Å². The lowest BCUT2D eigenvalue weighted by Gasteiger charge is -2.64. The topological polar surface area (TPSA) is 144 Å². The lowest BCUT2D eigenvalue weighted by atomic mass is 9.41. The van der Waals surface area contributed by atoms with E-state index in [9.17, 15) is 25.2 Å². The predicted octanol–water partition coefficient (Wildman–Crippen LogP) is 3.98. The van der Waals surface area contributed by atoms with Gasteiger partial charge >= 0.3 is 5.97 Å². The summed E-state index contributed by atoms with van der Waals surface area (Å²) in [6, 6.07) is 0. The van der Waals surface area contributed by atoms with E-state index in [1.54, 1.807) is 13.8 Å². The number of hydrogen-bond donors (Lipinski definition) is 4.